The summed E-state index contributed by atoms with van der Waals surface area (Å²) in [7, 11) is 0. The van der Waals surface area contributed by atoms with Gasteiger partial charge in [0.15, 0.2) is 0 Å². The van der Waals surface area contributed by atoms with Crippen LogP contribution < -0.4 is 5.32 Å². The molecule has 2 rings (SSSR count). The SMILES string of the molecule is CC(C#N)(Nc1cccc(C#N)c1)c1cccnc1. The van der Waals surface area contributed by atoms with Gasteiger partial charge in [0, 0.05) is 23.6 Å². The molecule has 0 radical (unpaired) electrons. The van der Waals surface area contributed by atoms with Crippen LogP contribution in [0.15, 0.2) is 48.8 Å². The van der Waals surface area contributed by atoms with Gasteiger partial charge >= 0.3 is 0 Å². The van der Waals surface area contributed by atoms with Crippen LogP contribution in [0.1, 0.15) is 18.1 Å². The second-order valence-electron chi connectivity index (χ2n) is 4.30. The summed E-state index contributed by atoms with van der Waals surface area (Å²) >= 11 is 0. The van der Waals surface area contributed by atoms with Crippen molar-refractivity contribution < 1.29 is 0 Å². The first kappa shape index (κ1) is 12.6. The van der Waals surface area contributed by atoms with E-state index in [1.165, 1.54) is 0 Å². The molecule has 0 spiro atoms. The van der Waals surface area contributed by atoms with E-state index in [0.29, 0.717) is 5.56 Å². The molecule has 1 aromatic carbocycles. The van der Waals surface area contributed by atoms with Crippen molar-refractivity contribution in [2.75, 3.05) is 5.32 Å². The summed E-state index contributed by atoms with van der Waals surface area (Å²) in [4.78, 5) is 4.03. The standard InChI is InChI=1S/C15H12N4/c1-15(11-17,13-5-3-7-18-10-13)19-14-6-2-4-12(8-14)9-16/h2-8,10,19H,1H3. The number of nitrogens with one attached hydrogen (secondary N) is 1. The van der Waals surface area contributed by atoms with Crippen molar-refractivity contribution in [2.24, 2.45) is 0 Å². The smallest absolute Gasteiger partial charge is 0.149 e. The van der Waals surface area contributed by atoms with E-state index in [2.05, 4.69) is 22.4 Å². The van der Waals surface area contributed by atoms with Crippen molar-refractivity contribution >= 4 is 5.69 Å². The normalized spacial score (nSPS) is 12.8. The molecular formula is C15H12N4. The Hall–Kier alpha value is -2.85. The Kier molecular flexibility index (Phi) is 3.45. The van der Waals surface area contributed by atoms with Crippen LogP contribution >= 0.6 is 0 Å². The fourth-order valence-corrected chi connectivity index (χ4v) is 1.78. The molecule has 92 valence electrons. The second kappa shape index (κ2) is 5.20. The van der Waals surface area contributed by atoms with E-state index in [1.807, 2.05) is 12.1 Å². The summed E-state index contributed by atoms with van der Waals surface area (Å²) in [6, 6.07) is 15.0. The third-order valence-electron chi connectivity index (χ3n) is 2.85. The lowest BCUT2D eigenvalue weighted by Crippen LogP contribution is -2.30. The minimum Gasteiger partial charge on any atom is -0.364 e. The summed E-state index contributed by atoms with van der Waals surface area (Å²) < 4.78 is 0. The molecule has 1 unspecified atom stereocenters. The fourth-order valence-electron chi connectivity index (χ4n) is 1.78. The van der Waals surface area contributed by atoms with Crippen LogP contribution in [0.3, 0.4) is 0 Å². The molecule has 1 atom stereocenters. The minimum atomic E-state index is -0.887. The van der Waals surface area contributed by atoms with Gasteiger partial charge in [-0.15, -0.1) is 0 Å². The first-order valence-electron chi connectivity index (χ1n) is 5.78. The van der Waals surface area contributed by atoms with Gasteiger partial charge in [0.25, 0.3) is 0 Å². The zero-order chi connectivity index (χ0) is 13.7. The molecule has 0 bridgehead atoms. The average molecular weight is 248 g/mol. The van der Waals surface area contributed by atoms with E-state index in [4.69, 9.17) is 5.26 Å². The van der Waals surface area contributed by atoms with E-state index < -0.39 is 5.54 Å². The van der Waals surface area contributed by atoms with Crippen LogP contribution in [0.2, 0.25) is 0 Å². The molecule has 1 heterocycles. The molecule has 0 aliphatic carbocycles. The van der Waals surface area contributed by atoms with E-state index >= 15 is 0 Å². The predicted octanol–water partition coefficient (Wildman–Crippen LogP) is 2.80. The fraction of sp³-hybridized carbons (Fsp3) is 0.133. The topological polar surface area (TPSA) is 72.5 Å². The van der Waals surface area contributed by atoms with Crippen LogP contribution in [-0.4, -0.2) is 4.98 Å². The lowest BCUT2D eigenvalue weighted by molar-refractivity contribution is 0.702. The van der Waals surface area contributed by atoms with Crippen molar-refractivity contribution in [3.8, 4) is 12.1 Å². The van der Waals surface area contributed by atoms with Crippen LogP contribution in [-0.2, 0) is 5.54 Å². The second-order valence-corrected chi connectivity index (χ2v) is 4.30. The summed E-state index contributed by atoms with van der Waals surface area (Å²) in [6.07, 6.45) is 3.32. The van der Waals surface area contributed by atoms with Gasteiger partial charge in [-0.05, 0) is 31.2 Å². The summed E-state index contributed by atoms with van der Waals surface area (Å²) in [5.74, 6) is 0. The molecule has 0 aliphatic heterocycles. The van der Waals surface area contributed by atoms with Crippen LogP contribution in [0.5, 0.6) is 0 Å². The van der Waals surface area contributed by atoms with Gasteiger partial charge in [0.1, 0.15) is 5.54 Å². The summed E-state index contributed by atoms with van der Waals surface area (Å²) in [5.41, 5.74) is 1.17. The van der Waals surface area contributed by atoms with Crippen molar-refractivity contribution in [2.45, 2.75) is 12.5 Å². The zero-order valence-electron chi connectivity index (χ0n) is 10.5. The van der Waals surface area contributed by atoms with E-state index in [0.717, 1.165) is 11.3 Å². The van der Waals surface area contributed by atoms with Crippen LogP contribution in [0.25, 0.3) is 0 Å². The number of rotatable bonds is 3. The molecule has 0 saturated carbocycles. The van der Waals surface area contributed by atoms with Gasteiger partial charge in [-0.1, -0.05) is 12.1 Å². The van der Waals surface area contributed by atoms with Gasteiger partial charge in [-0.25, -0.2) is 0 Å². The van der Waals surface area contributed by atoms with Crippen LogP contribution in [0.4, 0.5) is 5.69 Å². The molecule has 0 saturated heterocycles. The molecule has 4 nitrogen and oxygen atoms in total. The molecule has 0 aliphatic rings. The van der Waals surface area contributed by atoms with E-state index in [9.17, 15) is 5.26 Å². The maximum Gasteiger partial charge on any atom is 0.149 e. The lowest BCUT2D eigenvalue weighted by Gasteiger charge is -2.24. The Morgan fingerprint density at radius 1 is 1.21 bits per heavy atom. The first-order chi connectivity index (χ1) is 9.18. The lowest BCUT2D eigenvalue weighted by atomic mass is 9.95. The number of pyridine rings is 1. The maximum atomic E-state index is 9.42. The molecule has 0 amide bonds. The summed E-state index contributed by atoms with van der Waals surface area (Å²) in [6.45, 7) is 1.78. The minimum absolute atomic E-state index is 0.552. The summed E-state index contributed by atoms with van der Waals surface area (Å²) in [5, 5.41) is 21.4. The number of hydrogen-bond donors (Lipinski definition) is 1. The number of nitrogens with zero attached hydrogens (tertiary/aromatic N) is 3. The Bertz CT molecular complexity index is 652. The Balaban J connectivity index is 2.34. The van der Waals surface area contributed by atoms with Gasteiger partial charge in [-0.2, -0.15) is 10.5 Å². The quantitative estimate of drug-likeness (QED) is 0.906. The predicted molar refractivity (Wildman–Crippen MR) is 72.0 cm³/mol. The third-order valence-corrected chi connectivity index (χ3v) is 2.85. The number of nitriles is 2. The molecule has 0 fully saturated rings. The highest BCUT2D eigenvalue weighted by atomic mass is 15.0. The monoisotopic (exact) mass is 248 g/mol. The Morgan fingerprint density at radius 3 is 2.68 bits per heavy atom. The third kappa shape index (κ3) is 2.70. The van der Waals surface area contributed by atoms with Gasteiger partial charge < -0.3 is 5.32 Å². The highest BCUT2D eigenvalue weighted by molar-refractivity contribution is 5.53. The molecule has 1 aromatic heterocycles. The average Bonchev–Trinajstić information content (AvgIpc) is 2.48. The number of aromatic nitrogens is 1. The maximum absolute atomic E-state index is 9.42. The number of anilines is 1. The van der Waals surface area contributed by atoms with Crippen LogP contribution in [0, 0.1) is 22.7 Å². The number of hydrogen-bond acceptors (Lipinski definition) is 4. The molecule has 4 heteroatoms. The van der Waals surface area contributed by atoms with Gasteiger partial charge in [0.05, 0.1) is 17.7 Å². The van der Waals surface area contributed by atoms with Crippen molar-refractivity contribution in [1.82, 2.24) is 4.98 Å². The molecular weight excluding hydrogens is 236 g/mol. The van der Waals surface area contributed by atoms with Gasteiger partial charge in [0.2, 0.25) is 0 Å². The Labute approximate surface area is 112 Å². The van der Waals surface area contributed by atoms with Crippen molar-refractivity contribution in [1.29, 1.82) is 10.5 Å². The highest BCUT2D eigenvalue weighted by Crippen LogP contribution is 2.25. The molecule has 2 aromatic rings. The molecule has 19 heavy (non-hydrogen) atoms. The van der Waals surface area contributed by atoms with Gasteiger partial charge in [-0.3, -0.25) is 4.98 Å². The van der Waals surface area contributed by atoms with Crippen molar-refractivity contribution in [3.05, 3.63) is 59.9 Å². The van der Waals surface area contributed by atoms with E-state index in [1.54, 1.807) is 43.6 Å². The van der Waals surface area contributed by atoms with E-state index in [-0.39, 0.29) is 0 Å². The Morgan fingerprint density at radius 2 is 2.05 bits per heavy atom. The van der Waals surface area contributed by atoms with Crippen molar-refractivity contribution in [3.63, 3.8) is 0 Å². The zero-order valence-corrected chi connectivity index (χ0v) is 10.5. The largest absolute Gasteiger partial charge is 0.364 e. The molecule has 1 N–H and O–H groups in total. The highest BCUT2D eigenvalue weighted by Gasteiger charge is 2.26. The first-order valence-corrected chi connectivity index (χ1v) is 5.78. The number of benzene rings is 1.